The standard InChI is InChI=1S/C21H26N4O3/c1-4-17-20(24(3)21(26)22-5-2)25-13-9-12-18(19(25)23-17)28-15-14-27-16-10-7-6-8-11-16/h6-13H,4-5,14-15H2,1-3H3,(H,22,26). The van der Waals surface area contributed by atoms with Crippen molar-refractivity contribution >= 4 is 17.5 Å². The summed E-state index contributed by atoms with van der Waals surface area (Å²) in [5.74, 6) is 2.21. The number of hydrogen-bond acceptors (Lipinski definition) is 4. The van der Waals surface area contributed by atoms with Crippen LogP contribution in [-0.2, 0) is 6.42 Å². The molecule has 0 aliphatic heterocycles. The zero-order valence-corrected chi connectivity index (χ0v) is 16.5. The fourth-order valence-electron chi connectivity index (χ4n) is 2.98. The van der Waals surface area contributed by atoms with Crippen LogP contribution in [0.2, 0.25) is 0 Å². The first-order chi connectivity index (χ1) is 13.7. The summed E-state index contributed by atoms with van der Waals surface area (Å²) in [6, 6.07) is 13.2. The number of imidazole rings is 1. The summed E-state index contributed by atoms with van der Waals surface area (Å²) in [7, 11) is 1.74. The van der Waals surface area contributed by atoms with Gasteiger partial charge in [-0.2, -0.15) is 0 Å². The maximum Gasteiger partial charge on any atom is 0.322 e. The molecule has 0 bridgehead atoms. The van der Waals surface area contributed by atoms with Crippen molar-refractivity contribution in [3.8, 4) is 11.5 Å². The van der Waals surface area contributed by atoms with Gasteiger partial charge in [0.1, 0.15) is 24.8 Å². The van der Waals surface area contributed by atoms with Crippen LogP contribution in [0.25, 0.3) is 5.65 Å². The van der Waals surface area contributed by atoms with E-state index in [4.69, 9.17) is 14.5 Å². The molecule has 3 aromatic rings. The highest BCUT2D eigenvalue weighted by molar-refractivity contribution is 5.91. The van der Waals surface area contributed by atoms with E-state index < -0.39 is 0 Å². The van der Waals surface area contributed by atoms with Crippen LogP contribution in [0.1, 0.15) is 19.5 Å². The Hall–Kier alpha value is -3.22. The van der Waals surface area contributed by atoms with Crippen LogP contribution in [0.3, 0.4) is 0 Å². The van der Waals surface area contributed by atoms with E-state index in [1.54, 1.807) is 11.9 Å². The molecule has 2 aromatic heterocycles. The molecule has 28 heavy (non-hydrogen) atoms. The zero-order chi connectivity index (χ0) is 19.9. The molecule has 2 heterocycles. The highest BCUT2D eigenvalue weighted by atomic mass is 16.5. The predicted molar refractivity (Wildman–Crippen MR) is 109 cm³/mol. The topological polar surface area (TPSA) is 68.1 Å². The van der Waals surface area contributed by atoms with Gasteiger partial charge in [0, 0.05) is 19.8 Å². The van der Waals surface area contributed by atoms with E-state index in [1.165, 1.54) is 0 Å². The van der Waals surface area contributed by atoms with Gasteiger partial charge in [-0.05, 0) is 37.6 Å². The number of anilines is 1. The summed E-state index contributed by atoms with van der Waals surface area (Å²) in [4.78, 5) is 18.6. The van der Waals surface area contributed by atoms with Crippen LogP contribution in [0.4, 0.5) is 10.6 Å². The van der Waals surface area contributed by atoms with E-state index in [0.717, 1.165) is 17.3 Å². The summed E-state index contributed by atoms with van der Waals surface area (Å²) in [5, 5.41) is 2.82. The lowest BCUT2D eigenvalue weighted by Crippen LogP contribution is -2.38. The molecule has 2 amide bonds. The number of urea groups is 1. The maximum absolute atomic E-state index is 12.3. The Labute approximate surface area is 164 Å². The number of benzene rings is 1. The number of nitrogens with one attached hydrogen (secondary N) is 1. The molecule has 0 saturated heterocycles. The Morgan fingerprint density at radius 1 is 1.11 bits per heavy atom. The van der Waals surface area contributed by atoms with Crippen molar-refractivity contribution in [2.24, 2.45) is 0 Å². The third kappa shape index (κ3) is 4.19. The molecule has 7 heteroatoms. The number of para-hydroxylation sites is 1. The van der Waals surface area contributed by atoms with Crippen LogP contribution < -0.4 is 19.7 Å². The van der Waals surface area contributed by atoms with Gasteiger partial charge in [0.15, 0.2) is 11.4 Å². The summed E-state index contributed by atoms with van der Waals surface area (Å²) in [5.41, 5.74) is 1.52. The molecule has 0 fully saturated rings. The van der Waals surface area contributed by atoms with Crippen molar-refractivity contribution in [1.29, 1.82) is 0 Å². The van der Waals surface area contributed by atoms with Crippen molar-refractivity contribution in [3.63, 3.8) is 0 Å². The van der Waals surface area contributed by atoms with E-state index >= 15 is 0 Å². The second-order valence-corrected chi connectivity index (χ2v) is 6.21. The van der Waals surface area contributed by atoms with E-state index in [2.05, 4.69) is 5.32 Å². The normalized spacial score (nSPS) is 10.7. The minimum atomic E-state index is -0.165. The molecule has 0 radical (unpaired) electrons. The molecule has 3 rings (SSSR count). The fraction of sp³-hybridized carbons (Fsp3) is 0.333. The highest BCUT2D eigenvalue weighted by Gasteiger charge is 2.21. The Bertz CT molecular complexity index is 924. The lowest BCUT2D eigenvalue weighted by molar-refractivity contribution is 0.218. The van der Waals surface area contributed by atoms with Gasteiger partial charge in [0.05, 0.1) is 5.69 Å². The second kappa shape index (κ2) is 9.12. The van der Waals surface area contributed by atoms with Crippen molar-refractivity contribution in [3.05, 3.63) is 54.4 Å². The number of hydrogen-bond donors (Lipinski definition) is 1. The number of ether oxygens (including phenoxy) is 2. The molecule has 0 spiro atoms. The van der Waals surface area contributed by atoms with Gasteiger partial charge in [-0.15, -0.1) is 0 Å². The largest absolute Gasteiger partial charge is 0.490 e. The van der Waals surface area contributed by atoms with Gasteiger partial charge in [-0.3, -0.25) is 9.30 Å². The molecule has 7 nitrogen and oxygen atoms in total. The monoisotopic (exact) mass is 382 g/mol. The smallest absolute Gasteiger partial charge is 0.322 e. The van der Waals surface area contributed by atoms with E-state index in [0.29, 0.717) is 37.6 Å². The number of nitrogens with zero attached hydrogens (tertiary/aromatic N) is 3. The van der Waals surface area contributed by atoms with Gasteiger partial charge < -0.3 is 14.8 Å². The molecule has 1 N–H and O–H groups in total. The lowest BCUT2D eigenvalue weighted by atomic mass is 10.3. The summed E-state index contributed by atoms with van der Waals surface area (Å²) in [6.45, 7) is 5.30. The number of carbonyl (C=O) groups excluding carboxylic acids is 1. The minimum Gasteiger partial charge on any atom is -0.490 e. The number of rotatable bonds is 8. The number of aryl methyl sites for hydroxylation is 1. The third-order valence-corrected chi connectivity index (χ3v) is 4.30. The number of carbonyl (C=O) groups is 1. The first kappa shape index (κ1) is 19.5. The third-order valence-electron chi connectivity index (χ3n) is 4.30. The van der Waals surface area contributed by atoms with Gasteiger partial charge >= 0.3 is 6.03 Å². The molecule has 0 saturated carbocycles. The summed E-state index contributed by atoms with van der Waals surface area (Å²) in [6.07, 6.45) is 2.59. The summed E-state index contributed by atoms with van der Waals surface area (Å²) < 4.78 is 13.5. The Balaban J connectivity index is 1.77. The van der Waals surface area contributed by atoms with Crippen LogP contribution in [0.15, 0.2) is 48.7 Å². The minimum absolute atomic E-state index is 0.165. The predicted octanol–water partition coefficient (Wildman–Crippen LogP) is 3.52. The number of pyridine rings is 1. The van der Waals surface area contributed by atoms with Crippen molar-refractivity contribution in [2.45, 2.75) is 20.3 Å². The lowest BCUT2D eigenvalue weighted by Gasteiger charge is -2.18. The first-order valence-electron chi connectivity index (χ1n) is 9.47. The molecule has 0 unspecified atom stereocenters. The summed E-state index contributed by atoms with van der Waals surface area (Å²) >= 11 is 0. The van der Waals surface area contributed by atoms with Gasteiger partial charge in [-0.25, -0.2) is 9.78 Å². The molecule has 148 valence electrons. The molecule has 1 aromatic carbocycles. The number of aromatic nitrogens is 2. The van der Waals surface area contributed by atoms with Crippen molar-refractivity contribution in [2.75, 3.05) is 31.7 Å². The number of fused-ring (bicyclic) bond motifs is 1. The van der Waals surface area contributed by atoms with Crippen LogP contribution in [0, 0.1) is 0 Å². The fourth-order valence-corrected chi connectivity index (χ4v) is 2.98. The van der Waals surface area contributed by atoms with Gasteiger partial charge in [0.2, 0.25) is 0 Å². The molecule has 0 atom stereocenters. The first-order valence-corrected chi connectivity index (χ1v) is 9.47. The van der Waals surface area contributed by atoms with Crippen LogP contribution in [-0.4, -0.2) is 42.2 Å². The second-order valence-electron chi connectivity index (χ2n) is 6.21. The quantitative estimate of drug-likeness (QED) is 0.605. The van der Waals surface area contributed by atoms with Gasteiger partial charge in [-0.1, -0.05) is 25.1 Å². The van der Waals surface area contributed by atoms with E-state index in [-0.39, 0.29) is 6.03 Å². The Kier molecular flexibility index (Phi) is 6.37. The zero-order valence-electron chi connectivity index (χ0n) is 16.5. The van der Waals surface area contributed by atoms with E-state index in [1.807, 2.05) is 66.9 Å². The average molecular weight is 382 g/mol. The van der Waals surface area contributed by atoms with E-state index in [9.17, 15) is 4.79 Å². The van der Waals surface area contributed by atoms with Crippen molar-refractivity contribution in [1.82, 2.24) is 14.7 Å². The van der Waals surface area contributed by atoms with Crippen molar-refractivity contribution < 1.29 is 14.3 Å². The SMILES string of the molecule is CCNC(=O)N(C)c1c(CC)nc2c(OCCOc3ccccc3)cccn12. The van der Waals surface area contributed by atoms with Crippen LogP contribution >= 0.6 is 0 Å². The number of amides is 2. The van der Waals surface area contributed by atoms with Crippen LogP contribution in [0.5, 0.6) is 11.5 Å². The molecular weight excluding hydrogens is 356 g/mol. The Morgan fingerprint density at radius 2 is 1.86 bits per heavy atom. The molecular formula is C21H26N4O3. The van der Waals surface area contributed by atoms with Gasteiger partial charge in [0.25, 0.3) is 0 Å². The molecule has 0 aliphatic carbocycles. The average Bonchev–Trinajstić information content (AvgIpc) is 3.11. The maximum atomic E-state index is 12.3. The Morgan fingerprint density at radius 3 is 2.57 bits per heavy atom. The highest BCUT2D eigenvalue weighted by Crippen LogP contribution is 2.28. The molecule has 0 aliphatic rings.